The van der Waals surface area contributed by atoms with Crippen LogP contribution in [0.15, 0.2) is 30.1 Å². The smallest absolute Gasteiger partial charge is 0.364 e. The van der Waals surface area contributed by atoms with Crippen molar-refractivity contribution < 1.29 is 14.3 Å². The minimum Gasteiger partial charge on any atom is -0.476 e. The van der Waals surface area contributed by atoms with E-state index in [0.717, 1.165) is 11.6 Å². The largest absolute Gasteiger partial charge is 0.476 e. The number of aryl methyl sites for hydroxylation is 1. The normalized spacial score (nSPS) is 11.4. The maximum atomic E-state index is 12.6. The van der Waals surface area contributed by atoms with E-state index in [1.165, 1.54) is 0 Å². The van der Waals surface area contributed by atoms with E-state index in [0.29, 0.717) is 5.56 Å². The number of aliphatic carboxylic acids is 1. The van der Waals surface area contributed by atoms with Gasteiger partial charge < -0.3 is 5.11 Å². The van der Waals surface area contributed by atoms with Crippen molar-refractivity contribution in [2.24, 2.45) is 0 Å². The highest BCUT2D eigenvalue weighted by Crippen LogP contribution is 2.09. The highest BCUT2D eigenvalue weighted by molar-refractivity contribution is 5.89. The summed E-state index contributed by atoms with van der Waals surface area (Å²) in [5.74, 6) is -2.69. The molecule has 68 valence electrons. The van der Waals surface area contributed by atoms with Gasteiger partial charge in [0.25, 0.3) is 0 Å². The molecule has 1 rings (SSSR count). The van der Waals surface area contributed by atoms with Crippen LogP contribution in [0.25, 0.3) is 6.08 Å². The van der Waals surface area contributed by atoms with Crippen LogP contribution in [0.1, 0.15) is 11.1 Å². The molecule has 0 saturated carbocycles. The summed E-state index contributed by atoms with van der Waals surface area (Å²) >= 11 is 0. The van der Waals surface area contributed by atoms with Gasteiger partial charge in [-0.15, -0.1) is 0 Å². The number of carboxylic acid groups (broad SMARTS) is 1. The Morgan fingerprint density at radius 2 is 1.92 bits per heavy atom. The Kier molecular flexibility index (Phi) is 2.80. The van der Waals surface area contributed by atoms with Crippen molar-refractivity contribution in [1.82, 2.24) is 0 Å². The van der Waals surface area contributed by atoms with Gasteiger partial charge in [0, 0.05) is 0 Å². The second-order valence-corrected chi connectivity index (χ2v) is 2.71. The van der Waals surface area contributed by atoms with Crippen LogP contribution in [0.5, 0.6) is 0 Å². The van der Waals surface area contributed by atoms with Crippen molar-refractivity contribution in [3.63, 3.8) is 0 Å². The average molecular weight is 180 g/mol. The summed E-state index contributed by atoms with van der Waals surface area (Å²) in [6, 6.07) is 6.91. The lowest BCUT2D eigenvalue weighted by Crippen LogP contribution is -1.93. The molecular weight excluding hydrogens is 171 g/mol. The van der Waals surface area contributed by atoms with Gasteiger partial charge in [-0.05, 0) is 18.6 Å². The van der Waals surface area contributed by atoms with E-state index in [1.54, 1.807) is 24.3 Å². The van der Waals surface area contributed by atoms with E-state index in [1.807, 2.05) is 6.92 Å². The van der Waals surface area contributed by atoms with Crippen molar-refractivity contribution in [2.45, 2.75) is 6.92 Å². The Hall–Kier alpha value is -1.64. The minimum atomic E-state index is -1.54. The fraction of sp³-hybridized carbons (Fsp3) is 0.100. The number of carboxylic acids is 1. The van der Waals surface area contributed by atoms with Crippen molar-refractivity contribution >= 4 is 12.0 Å². The van der Waals surface area contributed by atoms with Crippen molar-refractivity contribution in [2.75, 3.05) is 0 Å². The van der Waals surface area contributed by atoms with Crippen molar-refractivity contribution in [1.29, 1.82) is 0 Å². The quantitative estimate of drug-likeness (QED) is 0.709. The first-order chi connectivity index (χ1) is 6.09. The fourth-order valence-corrected chi connectivity index (χ4v) is 0.871. The maximum absolute atomic E-state index is 12.6. The van der Waals surface area contributed by atoms with Gasteiger partial charge in [-0.1, -0.05) is 29.8 Å². The lowest BCUT2D eigenvalue weighted by molar-refractivity contribution is -0.134. The minimum absolute atomic E-state index is 0.547. The molecule has 0 aliphatic carbocycles. The van der Waals surface area contributed by atoms with E-state index < -0.39 is 11.8 Å². The van der Waals surface area contributed by atoms with Crippen LogP contribution in [0.4, 0.5) is 4.39 Å². The Morgan fingerprint density at radius 1 is 1.38 bits per heavy atom. The van der Waals surface area contributed by atoms with Gasteiger partial charge in [0.15, 0.2) is 0 Å². The highest BCUT2D eigenvalue weighted by Gasteiger charge is 2.03. The number of hydrogen-bond donors (Lipinski definition) is 1. The molecule has 0 spiro atoms. The lowest BCUT2D eigenvalue weighted by Gasteiger charge is -1.94. The highest BCUT2D eigenvalue weighted by atomic mass is 19.1. The van der Waals surface area contributed by atoms with Gasteiger partial charge in [0.2, 0.25) is 5.83 Å². The van der Waals surface area contributed by atoms with Crippen LogP contribution in [0.3, 0.4) is 0 Å². The van der Waals surface area contributed by atoms with Crippen LogP contribution < -0.4 is 0 Å². The molecule has 0 aromatic heterocycles. The van der Waals surface area contributed by atoms with Gasteiger partial charge in [-0.25, -0.2) is 4.79 Å². The second kappa shape index (κ2) is 3.85. The van der Waals surface area contributed by atoms with E-state index in [9.17, 15) is 9.18 Å². The molecule has 3 heteroatoms. The summed E-state index contributed by atoms with van der Waals surface area (Å²) in [4.78, 5) is 10.1. The SMILES string of the molecule is Cc1ccc(/C=C(/F)C(=O)O)cc1. The number of carbonyl (C=O) groups is 1. The number of rotatable bonds is 2. The molecule has 1 aromatic carbocycles. The van der Waals surface area contributed by atoms with Crippen LogP contribution in [-0.4, -0.2) is 11.1 Å². The lowest BCUT2D eigenvalue weighted by atomic mass is 10.1. The van der Waals surface area contributed by atoms with E-state index >= 15 is 0 Å². The van der Waals surface area contributed by atoms with Crippen molar-refractivity contribution in [3.8, 4) is 0 Å². The van der Waals surface area contributed by atoms with Crippen LogP contribution in [0.2, 0.25) is 0 Å². The predicted octanol–water partition coefficient (Wildman–Crippen LogP) is 2.39. The molecule has 0 unspecified atom stereocenters. The maximum Gasteiger partial charge on any atom is 0.364 e. The Balaban J connectivity index is 2.92. The van der Waals surface area contributed by atoms with Gasteiger partial charge in [-0.3, -0.25) is 0 Å². The average Bonchev–Trinajstić information content (AvgIpc) is 2.08. The molecule has 0 saturated heterocycles. The standard InChI is InChI=1S/C10H9FO2/c1-7-2-4-8(5-3-7)6-9(11)10(12)13/h2-6H,1H3,(H,12,13)/b9-6+. The van der Waals surface area contributed by atoms with Crippen molar-refractivity contribution in [3.05, 3.63) is 41.2 Å². The summed E-state index contributed by atoms with van der Waals surface area (Å²) in [5.41, 5.74) is 1.60. The topological polar surface area (TPSA) is 37.3 Å². The molecule has 0 atom stereocenters. The monoisotopic (exact) mass is 180 g/mol. The van der Waals surface area contributed by atoms with E-state index in [4.69, 9.17) is 5.11 Å². The molecule has 0 aliphatic heterocycles. The molecular formula is C10H9FO2. The molecule has 2 nitrogen and oxygen atoms in total. The third-order valence-electron chi connectivity index (χ3n) is 1.58. The molecule has 1 aromatic rings. The van der Waals surface area contributed by atoms with Gasteiger partial charge in [0.1, 0.15) is 0 Å². The van der Waals surface area contributed by atoms with Crippen LogP contribution in [-0.2, 0) is 4.79 Å². The molecule has 0 bridgehead atoms. The summed E-state index contributed by atoms with van der Waals surface area (Å²) in [5, 5.41) is 8.25. The Bertz CT molecular complexity index is 338. The summed E-state index contributed by atoms with van der Waals surface area (Å²) in [7, 11) is 0. The molecule has 0 fully saturated rings. The molecule has 1 N–H and O–H groups in total. The zero-order valence-corrected chi connectivity index (χ0v) is 7.12. The van der Waals surface area contributed by atoms with Gasteiger partial charge in [0.05, 0.1) is 0 Å². The molecule has 0 aliphatic rings. The summed E-state index contributed by atoms with van der Waals surface area (Å²) in [6.07, 6.45) is 0.988. The Labute approximate surface area is 75.3 Å². The first kappa shape index (κ1) is 9.45. The van der Waals surface area contributed by atoms with Gasteiger partial charge >= 0.3 is 5.97 Å². The van der Waals surface area contributed by atoms with Gasteiger partial charge in [-0.2, -0.15) is 4.39 Å². The third-order valence-corrected chi connectivity index (χ3v) is 1.58. The molecule has 0 heterocycles. The summed E-state index contributed by atoms with van der Waals surface area (Å²) in [6.45, 7) is 1.90. The van der Waals surface area contributed by atoms with E-state index in [-0.39, 0.29) is 0 Å². The zero-order chi connectivity index (χ0) is 9.84. The van der Waals surface area contributed by atoms with E-state index in [2.05, 4.69) is 0 Å². The first-order valence-electron chi connectivity index (χ1n) is 3.77. The first-order valence-corrected chi connectivity index (χ1v) is 3.77. The van der Waals surface area contributed by atoms with Crippen LogP contribution in [0, 0.1) is 6.92 Å². The Morgan fingerprint density at radius 3 is 2.38 bits per heavy atom. The zero-order valence-electron chi connectivity index (χ0n) is 7.12. The molecule has 0 amide bonds. The third kappa shape index (κ3) is 2.71. The molecule has 0 radical (unpaired) electrons. The van der Waals surface area contributed by atoms with Crippen LogP contribution >= 0.6 is 0 Å². The second-order valence-electron chi connectivity index (χ2n) is 2.71. The number of hydrogen-bond acceptors (Lipinski definition) is 1. The molecule has 13 heavy (non-hydrogen) atoms. The summed E-state index contributed by atoms with van der Waals surface area (Å²) < 4.78 is 12.6. The fourth-order valence-electron chi connectivity index (χ4n) is 0.871. The number of benzene rings is 1. The number of halogens is 1. The predicted molar refractivity (Wildman–Crippen MR) is 47.9 cm³/mol.